The van der Waals surface area contributed by atoms with Gasteiger partial charge in [-0.3, -0.25) is 14.7 Å². The number of pyridine rings is 2. The van der Waals surface area contributed by atoms with Gasteiger partial charge in [0.25, 0.3) is 5.91 Å². The highest BCUT2D eigenvalue weighted by atomic mass is 16.5. The van der Waals surface area contributed by atoms with Gasteiger partial charge in [-0.2, -0.15) is 0 Å². The molecule has 0 unspecified atom stereocenters. The molecule has 7 nitrogen and oxygen atoms in total. The van der Waals surface area contributed by atoms with Crippen molar-refractivity contribution < 1.29 is 14.6 Å². The van der Waals surface area contributed by atoms with E-state index >= 15 is 0 Å². The summed E-state index contributed by atoms with van der Waals surface area (Å²) in [6.45, 7) is 5.66. The largest absolute Gasteiger partial charge is 0.472 e. The van der Waals surface area contributed by atoms with E-state index in [1.165, 1.54) is 0 Å². The van der Waals surface area contributed by atoms with Crippen LogP contribution in [0.3, 0.4) is 0 Å². The van der Waals surface area contributed by atoms with Gasteiger partial charge in [0.05, 0.1) is 18.3 Å². The minimum atomic E-state index is -0.306. The molecule has 1 saturated carbocycles. The maximum atomic E-state index is 13.4. The Balaban J connectivity index is 1.60. The van der Waals surface area contributed by atoms with Crippen LogP contribution in [0.25, 0.3) is 0 Å². The number of hydrogen-bond donors (Lipinski definition) is 1. The number of ether oxygens (including phenoxy) is 1. The van der Waals surface area contributed by atoms with Crippen LogP contribution in [0.5, 0.6) is 5.88 Å². The maximum absolute atomic E-state index is 13.4. The Bertz CT molecular complexity index is 1030. The number of nitrogens with zero attached hydrogens (tertiary/aromatic N) is 4. The van der Waals surface area contributed by atoms with Gasteiger partial charge in [0.2, 0.25) is 5.88 Å². The van der Waals surface area contributed by atoms with Crippen LogP contribution in [0.15, 0.2) is 36.7 Å². The summed E-state index contributed by atoms with van der Waals surface area (Å²) in [5, 5.41) is 9.81. The normalized spacial score (nSPS) is 21.4. The summed E-state index contributed by atoms with van der Waals surface area (Å²) < 4.78 is 6.35. The number of carbonyl (C=O) groups excluding carboxylic acids is 1. The van der Waals surface area contributed by atoms with Gasteiger partial charge in [-0.05, 0) is 45.0 Å². The molecule has 1 fully saturated rings. The second-order valence-corrected chi connectivity index (χ2v) is 9.26. The van der Waals surface area contributed by atoms with Crippen molar-refractivity contribution in [3.8, 4) is 17.7 Å². The molecular weight excluding hydrogens is 416 g/mol. The fourth-order valence-electron chi connectivity index (χ4n) is 3.94. The van der Waals surface area contributed by atoms with Crippen LogP contribution in [0.2, 0.25) is 0 Å². The molecule has 3 atom stereocenters. The number of aromatic nitrogens is 2. The SMILES string of the molecule is C[C@@H]1CN([C@H](C)CO)C(=O)c2cc(C#CC3CC3)cnc2O[C@@H]1CN(C)Cc1ccccn1. The summed E-state index contributed by atoms with van der Waals surface area (Å²) in [5.74, 6) is 7.02. The summed E-state index contributed by atoms with van der Waals surface area (Å²) in [4.78, 5) is 26.3. The first-order valence-electron chi connectivity index (χ1n) is 11.6. The number of fused-ring (bicyclic) bond motifs is 1. The maximum Gasteiger partial charge on any atom is 0.259 e. The first-order valence-corrected chi connectivity index (χ1v) is 11.6. The third-order valence-corrected chi connectivity index (χ3v) is 6.17. The lowest BCUT2D eigenvalue weighted by Crippen LogP contribution is -2.49. The summed E-state index contributed by atoms with van der Waals surface area (Å²) in [7, 11) is 2.04. The molecule has 1 aliphatic heterocycles. The molecule has 1 aliphatic carbocycles. The summed E-state index contributed by atoms with van der Waals surface area (Å²) in [6.07, 6.45) is 5.57. The Labute approximate surface area is 195 Å². The highest BCUT2D eigenvalue weighted by molar-refractivity contribution is 5.97. The molecule has 0 saturated heterocycles. The van der Waals surface area contributed by atoms with E-state index in [0.29, 0.717) is 42.6 Å². The van der Waals surface area contributed by atoms with Gasteiger partial charge in [0.15, 0.2) is 0 Å². The predicted molar refractivity (Wildman–Crippen MR) is 126 cm³/mol. The number of aliphatic hydroxyl groups excluding tert-OH is 1. The number of amides is 1. The van der Waals surface area contributed by atoms with Crippen molar-refractivity contribution >= 4 is 5.91 Å². The first-order chi connectivity index (χ1) is 15.9. The van der Waals surface area contributed by atoms with E-state index in [4.69, 9.17) is 4.74 Å². The van der Waals surface area contributed by atoms with Crippen molar-refractivity contribution in [2.75, 3.05) is 26.7 Å². The van der Waals surface area contributed by atoms with Crippen LogP contribution in [0.4, 0.5) is 0 Å². The van der Waals surface area contributed by atoms with Gasteiger partial charge >= 0.3 is 0 Å². The van der Waals surface area contributed by atoms with Crippen molar-refractivity contribution in [1.29, 1.82) is 0 Å². The minimum absolute atomic E-state index is 0.0402. The summed E-state index contributed by atoms with van der Waals surface area (Å²) in [6, 6.07) is 7.36. The predicted octanol–water partition coefficient (Wildman–Crippen LogP) is 2.59. The molecule has 0 aromatic carbocycles. The van der Waals surface area contributed by atoms with E-state index in [2.05, 4.69) is 33.6 Å². The second-order valence-electron chi connectivity index (χ2n) is 9.26. The zero-order chi connectivity index (χ0) is 23.4. The molecule has 3 heterocycles. The molecule has 7 heteroatoms. The van der Waals surface area contributed by atoms with Gasteiger partial charge in [-0.15, -0.1) is 0 Å². The zero-order valence-electron chi connectivity index (χ0n) is 19.6. The van der Waals surface area contributed by atoms with Crippen LogP contribution in [-0.2, 0) is 6.54 Å². The number of aliphatic hydroxyl groups is 1. The molecule has 0 bridgehead atoms. The van der Waals surface area contributed by atoms with Crippen LogP contribution in [0, 0.1) is 23.7 Å². The Morgan fingerprint density at radius 2 is 2.15 bits per heavy atom. The third kappa shape index (κ3) is 5.89. The van der Waals surface area contributed by atoms with Crippen molar-refractivity contribution in [3.05, 3.63) is 53.5 Å². The van der Waals surface area contributed by atoms with Crippen molar-refractivity contribution in [2.45, 2.75) is 45.4 Å². The molecule has 1 amide bonds. The topological polar surface area (TPSA) is 78.8 Å². The lowest BCUT2D eigenvalue weighted by Gasteiger charge is -2.37. The lowest BCUT2D eigenvalue weighted by atomic mass is 10.00. The fraction of sp³-hybridized carbons (Fsp3) is 0.500. The molecule has 174 valence electrons. The number of carbonyl (C=O) groups is 1. The molecule has 0 spiro atoms. The highest BCUT2D eigenvalue weighted by Gasteiger charge is 2.34. The van der Waals surface area contributed by atoms with Crippen LogP contribution < -0.4 is 4.74 Å². The average molecular weight is 449 g/mol. The molecule has 33 heavy (non-hydrogen) atoms. The number of rotatable bonds is 6. The van der Waals surface area contributed by atoms with E-state index in [1.54, 1.807) is 23.4 Å². The van der Waals surface area contributed by atoms with E-state index in [-0.39, 0.29) is 30.6 Å². The van der Waals surface area contributed by atoms with Crippen LogP contribution in [0.1, 0.15) is 48.3 Å². The minimum Gasteiger partial charge on any atom is -0.472 e. The molecule has 2 aromatic rings. The number of hydrogen-bond acceptors (Lipinski definition) is 6. The third-order valence-electron chi connectivity index (χ3n) is 6.17. The Morgan fingerprint density at radius 1 is 1.33 bits per heavy atom. The molecule has 4 rings (SSSR count). The van der Waals surface area contributed by atoms with E-state index < -0.39 is 0 Å². The van der Waals surface area contributed by atoms with Crippen LogP contribution >= 0.6 is 0 Å². The lowest BCUT2D eigenvalue weighted by molar-refractivity contribution is 0.0324. The Hall–Kier alpha value is -2.95. The van der Waals surface area contributed by atoms with Gasteiger partial charge in [0, 0.05) is 49.4 Å². The second kappa shape index (κ2) is 10.3. The van der Waals surface area contributed by atoms with Crippen molar-refractivity contribution in [3.63, 3.8) is 0 Å². The quantitative estimate of drug-likeness (QED) is 0.685. The standard InChI is InChI=1S/C26H32N4O3/c1-18-14-30(19(2)17-31)26(32)23-12-21(10-9-20-7-8-20)13-28-25(23)33-24(18)16-29(3)15-22-6-4-5-11-27-22/h4-6,11-13,18-20,24,31H,7-8,14-17H2,1-3H3/t18-,19-,24-/m1/s1. The molecule has 0 radical (unpaired) electrons. The van der Waals surface area contributed by atoms with E-state index in [0.717, 1.165) is 18.5 Å². The summed E-state index contributed by atoms with van der Waals surface area (Å²) in [5.41, 5.74) is 2.11. The molecule has 1 N–H and O–H groups in total. The summed E-state index contributed by atoms with van der Waals surface area (Å²) >= 11 is 0. The van der Waals surface area contributed by atoms with Gasteiger partial charge in [-0.1, -0.05) is 24.8 Å². The van der Waals surface area contributed by atoms with Gasteiger partial charge < -0.3 is 14.7 Å². The molecule has 2 aliphatic rings. The first kappa shape index (κ1) is 23.2. The fourth-order valence-corrected chi connectivity index (χ4v) is 3.94. The van der Waals surface area contributed by atoms with E-state index in [1.807, 2.05) is 32.2 Å². The van der Waals surface area contributed by atoms with Gasteiger partial charge in [-0.25, -0.2) is 4.98 Å². The van der Waals surface area contributed by atoms with E-state index in [9.17, 15) is 9.90 Å². The smallest absolute Gasteiger partial charge is 0.259 e. The monoisotopic (exact) mass is 448 g/mol. The number of likely N-dealkylation sites (N-methyl/N-ethyl adjacent to an activating group) is 1. The van der Waals surface area contributed by atoms with Crippen molar-refractivity contribution in [1.82, 2.24) is 19.8 Å². The molecule has 2 aromatic heterocycles. The van der Waals surface area contributed by atoms with Crippen molar-refractivity contribution in [2.24, 2.45) is 11.8 Å². The highest BCUT2D eigenvalue weighted by Crippen LogP contribution is 2.29. The zero-order valence-corrected chi connectivity index (χ0v) is 19.6. The Kier molecular flexibility index (Phi) is 7.26. The van der Waals surface area contributed by atoms with Crippen LogP contribution in [-0.4, -0.2) is 69.7 Å². The van der Waals surface area contributed by atoms with Gasteiger partial charge in [0.1, 0.15) is 11.7 Å². The average Bonchev–Trinajstić information content (AvgIpc) is 3.65. The Morgan fingerprint density at radius 3 is 2.85 bits per heavy atom. The molecular formula is C26H32N4O3.